The molecule has 2 rings (SSSR count). The maximum Gasteiger partial charge on any atom is 0.0835 e. The molecule has 0 aliphatic rings. The van der Waals surface area contributed by atoms with Gasteiger partial charge in [0.15, 0.2) is 0 Å². The van der Waals surface area contributed by atoms with Crippen LogP contribution in [-0.4, -0.2) is 15.7 Å². The molecule has 0 fully saturated rings. The topological polar surface area (TPSA) is 58.0 Å². The molecule has 0 aliphatic carbocycles. The van der Waals surface area contributed by atoms with Gasteiger partial charge in [-0.05, 0) is 25.5 Å². The highest BCUT2D eigenvalue weighted by Crippen LogP contribution is 2.24. The number of hydrogen-bond acceptors (Lipinski definition) is 3. The third-order valence-corrected chi connectivity index (χ3v) is 3.28. The van der Waals surface area contributed by atoms with Crippen molar-refractivity contribution in [3.8, 4) is 5.69 Å². The van der Waals surface area contributed by atoms with Crippen molar-refractivity contribution in [3.05, 3.63) is 46.2 Å². The van der Waals surface area contributed by atoms with Gasteiger partial charge in [0.1, 0.15) is 0 Å². The molecule has 0 N–H and O–H groups in total. The fourth-order valence-corrected chi connectivity index (χ4v) is 2.31. The average Bonchev–Trinajstić information content (AvgIpc) is 2.67. The van der Waals surface area contributed by atoms with Gasteiger partial charge >= 0.3 is 0 Å². The van der Waals surface area contributed by atoms with Crippen LogP contribution in [-0.2, 0) is 6.42 Å². The lowest BCUT2D eigenvalue weighted by Gasteiger charge is -2.07. The summed E-state index contributed by atoms with van der Waals surface area (Å²) >= 11 is 6.13. The number of carboxylic acids is 1. The van der Waals surface area contributed by atoms with Crippen molar-refractivity contribution in [1.82, 2.24) is 9.78 Å². The van der Waals surface area contributed by atoms with E-state index < -0.39 is 5.97 Å². The SMILES string of the molecule is CCCc1nn(-c2ccccc2Cl)c(C)c1C(=O)[O-]. The second-order valence-corrected chi connectivity index (χ2v) is 4.71. The van der Waals surface area contributed by atoms with Crippen molar-refractivity contribution in [2.24, 2.45) is 0 Å². The maximum absolute atomic E-state index is 11.2. The fraction of sp³-hybridized carbons (Fsp3) is 0.286. The Morgan fingerprint density at radius 1 is 1.42 bits per heavy atom. The van der Waals surface area contributed by atoms with Gasteiger partial charge in [-0.25, -0.2) is 4.68 Å². The number of benzene rings is 1. The Morgan fingerprint density at radius 2 is 2.11 bits per heavy atom. The molecular weight excluding hydrogens is 264 g/mol. The van der Waals surface area contributed by atoms with Crippen LogP contribution >= 0.6 is 11.6 Å². The molecule has 0 radical (unpaired) electrons. The van der Waals surface area contributed by atoms with Crippen molar-refractivity contribution in [2.75, 3.05) is 0 Å². The molecule has 100 valence electrons. The van der Waals surface area contributed by atoms with E-state index in [-0.39, 0.29) is 5.56 Å². The molecule has 2 aromatic rings. The first-order chi connectivity index (χ1) is 9.06. The Bertz CT molecular complexity index is 620. The molecule has 19 heavy (non-hydrogen) atoms. The molecule has 1 aromatic carbocycles. The third kappa shape index (κ3) is 2.49. The van der Waals surface area contributed by atoms with E-state index >= 15 is 0 Å². The first kappa shape index (κ1) is 13.6. The number of aromatic nitrogens is 2. The van der Waals surface area contributed by atoms with Crippen LogP contribution in [0.15, 0.2) is 24.3 Å². The zero-order valence-electron chi connectivity index (χ0n) is 10.8. The first-order valence-corrected chi connectivity index (χ1v) is 6.48. The minimum atomic E-state index is -1.20. The van der Waals surface area contributed by atoms with Gasteiger partial charge in [-0.1, -0.05) is 37.1 Å². The lowest BCUT2D eigenvalue weighted by Crippen LogP contribution is -2.24. The first-order valence-electron chi connectivity index (χ1n) is 6.11. The molecular formula is C14H14ClN2O2-. The van der Waals surface area contributed by atoms with E-state index in [0.717, 1.165) is 6.42 Å². The predicted octanol–water partition coefficient (Wildman–Crippen LogP) is 2.15. The zero-order chi connectivity index (χ0) is 14.0. The van der Waals surface area contributed by atoms with Gasteiger partial charge in [-0.2, -0.15) is 5.10 Å². The number of carbonyl (C=O) groups is 1. The Balaban J connectivity index is 2.63. The molecule has 0 saturated carbocycles. The number of hydrogen-bond donors (Lipinski definition) is 0. The van der Waals surface area contributed by atoms with E-state index in [4.69, 9.17) is 11.6 Å². The van der Waals surface area contributed by atoms with Crippen molar-refractivity contribution >= 4 is 17.6 Å². The van der Waals surface area contributed by atoms with E-state index in [1.54, 1.807) is 23.7 Å². The second kappa shape index (κ2) is 5.45. The highest BCUT2D eigenvalue weighted by molar-refractivity contribution is 6.32. The van der Waals surface area contributed by atoms with Crippen LogP contribution < -0.4 is 5.11 Å². The average molecular weight is 278 g/mol. The van der Waals surface area contributed by atoms with Crippen LogP contribution in [0.25, 0.3) is 5.69 Å². The summed E-state index contributed by atoms with van der Waals surface area (Å²) in [6.45, 7) is 3.68. The number of nitrogens with zero attached hydrogens (tertiary/aromatic N) is 2. The Hall–Kier alpha value is -1.81. The molecule has 5 heteroatoms. The van der Waals surface area contributed by atoms with E-state index in [2.05, 4.69) is 5.10 Å². The monoisotopic (exact) mass is 277 g/mol. The van der Waals surface area contributed by atoms with Gasteiger partial charge in [-0.15, -0.1) is 0 Å². The molecule has 1 heterocycles. The minimum absolute atomic E-state index is 0.168. The summed E-state index contributed by atoms with van der Waals surface area (Å²) in [7, 11) is 0. The molecule has 0 bridgehead atoms. The van der Waals surface area contributed by atoms with E-state index in [1.807, 2.05) is 19.1 Å². The molecule has 0 aliphatic heterocycles. The number of rotatable bonds is 4. The zero-order valence-corrected chi connectivity index (χ0v) is 11.6. The molecule has 0 saturated heterocycles. The smallest absolute Gasteiger partial charge is 0.0835 e. The summed E-state index contributed by atoms with van der Waals surface area (Å²) in [6.07, 6.45) is 1.42. The summed E-state index contributed by atoms with van der Waals surface area (Å²) in [4.78, 5) is 11.2. The third-order valence-electron chi connectivity index (χ3n) is 2.96. The number of carboxylic acid groups (broad SMARTS) is 1. The summed E-state index contributed by atoms with van der Waals surface area (Å²) in [5, 5.41) is 16.1. The summed E-state index contributed by atoms with van der Waals surface area (Å²) in [6, 6.07) is 7.20. The number of para-hydroxylation sites is 1. The minimum Gasteiger partial charge on any atom is -0.545 e. The molecule has 0 amide bonds. The lowest BCUT2D eigenvalue weighted by atomic mass is 10.1. The fourth-order valence-electron chi connectivity index (χ4n) is 2.10. The molecule has 4 nitrogen and oxygen atoms in total. The van der Waals surface area contributed by atoms with E-state index in [0.29, 0.717) is 28.5 Å². The van der Waals surface area contributed by atoms with E-state index in [1.165, 1.54) is 0 Å². The number of carbonyl (C=O) groups excluding carboxylic acids is 1. The van der Waals surface area contributed by atoms with Gasteiger partial charge in [0, 0.05) is 5.56 Å². The standard InChI is InChI=1S/C14H15ClN2O2/c1-3-6-11-13(14(18)19)9(2)17(16-11)12-8-5-4-7-10(12)15/h4-5,7-8H,3,6H2,1-2H3,(H,18,19)/p-1. The maximum atomic E-state index is 11.2. The van der Waals surface area contributed by atoms with Crippen molar-refractivity contribution < 1.29 is 9.90 Å². The van der Waals surface area contributed by atoms with Crippen molar-refractivity contribution in [1.29, 1.82) is 0 Å². The van der Waals surface area contributed by atoms with Gasteiger partial charge in [-0.3, -0.25) is 0 Å². The largest absolute Gasteiger partial charge is 0.545 e. The van der Waals surface area contributed by atoms with Crippen LogP contribution in [0.4, 0.5) is 0 Å². The molecule has 0 spiro atoms. The quantitative estimate of drug-likeness (QED) is 0.860. The van der Waals surface area contributed by atoms with Gasteiger partial charge < -0.3 is 9.90 Å². The second-order valence-electron chi connectivity index (χ2n) is 4.31. The normalized spacial score (nSPS) is 10.7. The Kier molecular flexibility index (Phi) is 3.90. The lowest BCUT2D eigenvalue weighted by molar-refractivity contribution is -0.255. The summed E-state index contributed by atoms with van der Waals surface area (Å²) in [5.74, 6) is -1.20. The number of aryl methyl sites for hydroxylation is 1. The number of halogens is 1. The van der Waals surface area contributed by atoms with Gasteiger partial charge in [0.2, 0.25) is 0 Å². The van der Waals surface area contributed by atoms with E-state index in [9.17, 15) is 9.90 Å². The van der Waals surface area contributed by atoms with Crippen LogP contribution in [0.3, 0.4) is 0 Å². The predicted molar refractivity (Wildman–Crippen MR) is 71.6 cm³/mol. The summed E-state index contributed by atoms with van der Waals surface area (Å²) < 4.78 is 1.57. The van der Waals surface area contributed by atoms with Crippen LogP contribution in [0.5, 0.6) is 0 Å². The van der Waals surface area contributed by atoms with Crippen LogP contribution in [0, 0.1) is 6.92 Å². The number of aromatic carboxylic acids is 1. The molecule has 1 aromatic heterocycles. The molecule has 0 unspecified atom stereocenters. The Morgan fingerprint density at radius 3 is 2.68 bits per heavy atom. The van der Waals surface area contributed by atoms with Gasteiger partial charge in [0.25, 0.3) is 0 Å². The van der Waals surface area contributed by atoms with Crippen molar-refractivity contribution in [3.63, 3.8) is 0 Å². The van der Waals surface area contributed by atoms with Crippen molar-refractivity contribution in [2.45, 2.75) is 26.7 Å². The highest BCUT2D eigenvalue weighted by Gasteiger charge is 2.17. The van der Waals surface area contributed by atoms with Gasteiger partial charge in [0.05, 0.1) is 28.1 Å². The van der Waals surface area contributed by atoms with Crippen LogP contribution in [0.2, 0.25) is 5.02 Å². The Labute approximate surface area is 116 Å². The molecule has 0 atom stereocenters. The summed E-state index contributed by atoms with van der Waals surface area (Å²) in [5.41, 5.74) is 1.92. The van der Waals surface area contributed by atoms with Crippen LogP contribution in [0.1, 0.15) is 35.1 Å². The highest BCUT2D eigenvalue weighted by atomic mass is 35.5.